The quantitative estimate of drug-likeness (QED) is 0.838. The van der Waals surface area contributed by atoms with Crippen LogP contribution in [0.15, 0.2) is 24.3 Å². The van der Waals surface area contributed by atoms with Crippen molar-refractivity contribution >= 4 is 11.9 Å². The van der Waals surface area contributed by atoms with E-state index in [1.807, 2.05) is 6.92 Å². The van der Waals surface area contributed by atoms with Gasteiger partial charge in [-0.05, 0) is 31.2 Å². The van der Waals surface area contributed by atoms with E-state index >= 15 is 0 Å². The molecule has 6 nitrogen and oxygen atoms in total. The van der Waals surface area contributed by atoms with E-state index in [1.165, 1.54) is 0 Å². The first-order valence-corrected chi connectivity index (χ1v) is 7.60. The molecule has 1 aromatic carbocycles. The van der Waals surface area contributed by atoms with Gasteiger partial charge in [-0.25, -0.2) is 4.79 Å². The van der Waals surface area contributed by atoms with Crippen LogP contribution in [0.25, 0.3) is 0 Å². The fourth-order valence-electron chi connectivity index (χ4n) is 3.05. The Labute approximate surface area is 135 Å². The van der Waals surface area contributed by atoms with Gasteiger partial charge in [-0.15, -0.1) is 0 Å². The van der Waals surface area contributed by atoms with Gasteiger partial charge in [-0.1, -0.05) is 13.8 Å². The number of benzene rings is 1. The summed E-state index contributed by atoms with van der Waals surface area (Å²) < 4.78 is 10.6. The Kier molecular flexibility index (Phi) is 4.66. The number of ether oxygens (including phenoxy) is 2. The van der Waals surface area contributed by atoms with Crippen molar-refractivity contribution in [3.05, 3.63) is 29.8 Å². The second kappa shape index (κ2) is 6.20. The van der Waals surface area contributed by atoms with Crippen LogP contribution in [0, 0.1) is 5.41 Å². The molecule has 0 spiro atoms. The SMILES string of the molecule is CCO[C@H]1C[C@](NC(=O)c2ccc(OC)cc2)(C(=O)O)C1(C)C. The van der Waals surface area contributed by atoms with E-state index in [1.54, 1.807) is 45.2 Å². The molecule has 0 aromatic heterocycles. The largest absolute Gasteiger partial charge is 0.497 e. The Balaban J connectivity index is 2.20. The Morgan fingerprint density at radius 3 is 2.35 bits per heavy atom. The minimum Gasteiger partial charge on any atom is -0.497 e. The molecule has 2 atom stereocenters. The summed E-state index contributed by atoms with van der Waals surface area (Å²) in [5.41, 5.74) is -1.64. The fourth-order valence-corrected chi connectivity index (χ4v) is 3.05. The van der Waals surface area contributed by atoms with E-state index < -0.39 is 22.8 Å². The number of hydrogen-bond acceptors (Lipinski definition) is 4. The Morgan fingerprint density at radius 1 is 1.30 bits per heavy atom. The number of nitrogens with one attached hydrogen (secondary N) is 1. The number of hydrogen-bond donors (Lipinski definition) is 2. The number of methoxy groups -OCH3 is 1. The highest BCUT2D eigenvalue weighted by atomic mass is 16.5. The summed E-state index contributed by atoms with van der Waals surface area (Å²) in [4.78, 5) is 24.3. The standard InChI is InChI=1S/C17H23NO5/c1-5-23-13-10-17(15(20)21,16(13,2)3)18-14(19)11-6-8-12(22-4)9-7-11/h6-9,13H,5,10H2,1-4H3,(H,18,19)(H,20,21)/t13-,17-/m0/s1. The third-order valence-electron chi connectivity index (χ3n) is 4.81. The first-order chi connectivity index (χ1) is 10.8. The van der Waals surface area contributed by atoms with E-state index in [2.05, 4.69) is 5.32 Å². The van der Waals surface area contributed by atoms with Crippen molar-refractivity contribution in [3.8, 4) is 5.75 Å². The minimum absolute atomic E-state index is 0.195. The van der Waals surface area contributed by atoms with Gasteiger partial charge in [0.15, 0.2) is 0 Å². The minimum atomic E-state index is -1.33. The number of carboxylic acid groups (broad SMARTS) is 1. The number of rotatable bonds is 6. The summed E-state index contributed by atoms with van der Waals surface area (Å²) in [6.45, 7) is 5.99. The number of carboxylic acids is 1. The molecule has 23 heavy (non-hydrogen) atoms. The Bertz CT molecular complexity index is 596. The van der Waals surface area contributed by atoms with Crippen LogP contribution in [0.4, 0.5) is 0 Å². The van der Waals surface area contributed by atoms with Gasteiger partial charge in [0, 0.05) is 24.0 Å². The van der Waals surface area contributed by atoms with Gasteiger partial charge < -0.3 is 19.9 Å². The molecule has 126 valence electrons. The van der Waals surface area contributed by atoms with E-state index in [0.29, 0.717) is 17.9 Å². The van der Waals surface area contributed by atoms with Gasteiger partial charge in [0.05, 0.1) is 13.2 Å². The zero-order chi connectivity index (χ0) is 17.3. The second-order valence-corrected chi connectivity index (χ2v) is 6.26. The van der Waals surface area contributed by atoms with Crippen molar-refractivity contribution in [2.45, 2.75) is 38.8 Å². The maximum Gasteiger partial charge on any atom is 0.330 e. The summed E-state index contributed by atoms with van der Waals surface area (Å²) in [6.07, 6.45) is 0.0604. The average Bonchev–Trinajstić information content (AvgIpc) is 2.53. The molecule has 0 aliphatic heterocycles. The predicted octanol–water partition coefficient (Wildman–Crippen LogP) is 2.08. The number of amides is 1. The van der Waals surface area contributed by atoms with Crippen molar-refractivity contribution in [1.82, 2.24) is 5.32 Å². The first-order valence-electron chi connectivity index (χ1n) is 7.60. The maximum atomic E-state index is 12.5. The van der Waals surface area contributed by atoms with Gasteiger partial charge in [0.2, 0.25) is 0 Å². The smallest absolute Gasteiger partial charge is 0.330 e. The van der Waals surface area contributed by atoms with Crippen LogP contribution >= 0.6 is 0 Å². The molecule has 1 fully saturated rings. The van der Waals surface area contributed by atoms with Gasteiger partial charge in [0.25, 0.3) is 5.91 Å². The molecule has 1 saturated carbocycles. The molecule has 0 bridgehead atoms. The molecular formula is C17H23NO5. The van der Waals surface area contributed by atoms with E-state index in [4.69, 9.17) is 9.47 Å². The van der Waals surface area contributed by atoms with E-state index in [-0.39, 0.29) is 12.5 Å². The molecule has 0 heterocycles. The van der Waals surface area contributed by atoms with Gasteiger partial charge in [-0.2, -0.15) is 0 Å². The molecule has 2 N–H and O–H groups in total. The molecule has 2 rings (SSSR count). The third kappa shape index (κ3) is 2.79. The van der Waals surface area contributed by atoms with Crippen LogP contribution in [-0.2, 0) is 9.53 Å². The molecule has 0 radical (unpaired) electrons. The number of aliphatic carboxylic acids is 1. The van der Waals surface area contributed by atoms with Crippen molar-refractivity contribution in [2.75, 3.05) is 13.7 Å². The molecule has 6 heteroatoms. The molecule has 0 unspecified atom stereocenters. The highest BCUT2D eigenvalue weighted by Gasteiger charge is 2.66. The molecule has 0 saturated heterocycles. The highest BCUT2D eigenvalue weighted by Crippen LogP contribution is 2.51. The Hall–Kier alpha value is -2.08. The van der Waals surface area contributed by atoms with Crippen LogP contribution < -0.4 is 10.1 Å². The van der Waals surface area contributed by atoms with Crippen LogP contribution in [0.3, 0.4) is 0 Å². The van der Waals surface area contributed by atoms with Crippen LogP contribution in [0.1, 0.15) is 37.6 Å². The lowest BCUT2D eigenvalue weighted by Crippen LogP contribution is -2.76. The zero-order valence-electron chi connectivity index (χ0n) is 13.9. The maximum absolute atomic E-state index is 12.5. The molecular weight excluding hydrogens is 298 g/mol. The Morgan fingerprint density at radius 2 is 1.91 bits per heavy atom. The normalized spacial score (nSPS) is 25.3. The zero-order valence-corrected chi connectivity index (χ0v) is 13.9. The topological polar surface area (TPSA) is 84.9 Å². The van der Waals surface area contributed by atoms with Crippen LogP contribution in [0.5, 0.6) is 5.75 Å². The van der Waals surface area contributed by atoms with Gasteiger partial charge >= 0.3 is 5.97 Å². The predicted molar refractivity (Wildman–Crippen MR) is 84.6 cm³/mol. The lowest BCUT2D eigenvalue weighted by molar-refractivity contribution is -0.190. The van der Waals surface area contributed by atoms with Crippen molar-refractivity contribution < 1.29 is 24.2 Å². The first kappa shape index (κ1) is 17.3. The van der Waals surface area contributed by atoms with Crippen molar-refractivity contribution in [1.29, 1.82) is 0 Å². The van der Waals surface area contributed by atoms with E-state index in [0.717, 1.165) is 0 Å². The third-order valence-corrected chi connectivity index (χ3v) is 4.81. The summed E-state index contributed by atoms with van der Waals surface area (Å²) in [7, 11) is 1.54. The van der Waals surface area contributed by atoms with Crippen molar-refractivity contribution in [2.24, 2.45) is 5.41 Å². The lowest BCUT2D eigenvalue weighted by Gasteiger charge is -2.58. The second-order valence-electron chi connectivity index (χ2n) is 6.26. The lowest BCUT2D eigenvalue weighted by atomic mass is 9.54. The molecule has 1 aromatic rings. The average molecular weight is 321 g/mol. The monoisotopic (exact) mass is 321 g/mol. The highest BCUT2D eigenvalue weighted by molar-refractivity contribution is 5.98. The summed E-state index contributed by atoms with van der Waals surface area (Å²) in [5, 5.41) is 12.4. The van der Waals surface area contributed by atoms with E-state index in [9.17, 15) is 14.7 Å². The number of carbonyl (C=O) groups is 2. The van der Waals surface area contributed by atoms with Crippen LogP contribution in [0.2, 0.25) is 0 Å². The molecule has 1 aliphatic carbocycles. The molecule has 1 aliphatic rings. The summed E-state index contributed by atoms with van der Waals surface area (Å²) >= 11 is 0. The van der Waals surface area contributed by atoms with Gasteiger partial charge in [-0.3, -0.25) is 4.79 Å². The fraction of sp³-hybridized carbons (Fsp3) is 0.529. The summed E-state index contributed by atoms with van der Waals surface area (Å²) in [5.74, 6) is -0.826. The van der Waals surface area contributed by atoms with Crippen LogP contribution in [-0.4, -0.2) is 42.3 Å². The number of carbonyl (C=O) groups excluding carboxylic acids is 1. The van der Waals surface area contributed by atoms with Crippen molar-refractivity contribution in [3.63, 3.8) is 0 Å². The molecule has 1 amide bonds. The summed E-state index contributed by atoms with van der Waals surface area (Å²) in [6, 6.07) is 6.54. The van der Waals surface area contributed by atoms with Gasteiger partial charge in [0.1, 0.15) is 11.3 Å².